The van der Waals surface area contributed by atoms with Crippen LogP contribution < -0.4 is 25.4 Å². The molecule has 3 aliphatic rings. The molecule has 3 atom stereocenters. The first-order valence-electron chi connectivity index (χ1n) is 9.79. The van der Waals surface area contributed by atoms with E-state index < -0.39 is 11.7 Å². The number of hydrogen-bond donors (Lipinski definition) is 3. The molecule has 1 saturated carbocycles. The third-order valence-corrected chi connectivity index (χ3v) is 5.14. The third kappa shape index (κ3) is 3.36. The van der Waals surface area contributed by atoms with E-state index in [1.54, 1.807) is 12.3 Å². The largest absolute Gasteiger partial charge is 0.487 e. The highest BCUT2D eigenvalue weighted by Crippen LogP contribution is 2.54. The molecule has 1 aromatic heterocycles. The fraction of sp³-hybridized carbons (Fsp3) is 0.381. The number of fused-ring (bicyclic) bond motifs is 4. The number of amides is 3. The summed E-state index contributed by atoms with van der Waals surface area (Å²) in [5.41, 5.74) is 1.22. The maximum Gasteiger partial charge on any atom is 0.408 e. The number of benzene rings is 1. The van der Waals surface area contributed by atoms with E-state index in [0.717, 1.165) is 16.9 Å². The summed E-state index contributed by atoms with van der Waals surface area (Å²) in [5, 5.41) is 8.27. The van der Waals surface area contributed by atoms with E-state index in [2.05, 4.69) is 20.9 Å². The van der Waals surface area contributed by atoms with Crippen molar-refractivity contribution in [2.24, 2.45) is 0 Å². The normalized spacial score (nSPS) is 23.0. The van der Waals surface area contributed by atoms with Gasteiger partial charge in [0, 0.05) is 11.8 Å². The van der Waals surface area contributed by atoms with Crippen molar-refractivity contribution < 1.29 is 23.8 Å². The zero-order valence-electron chi connectivity index (χ0n) is 16.8. The summed E-state index contributed by atoms with van der Waals surface area (Å²) in [7, 11) is 0. The van der Waals surface area contributed by atoms with Crippen molar-refractivity contribution in [2.75, 3.05) is 5.32 Å². The van der Waals surface area contributed by atoms with Crippen LogP contribution >= 0.6 is 0 Å². The summed E-state index contributed by atoms with van der Waals surface area (Å²) in [4.78, 5) is 27.7. The van der Waals surface area contributed by atoms with Crippen LogP contribution in [0.25, 0.3) is 0 Å². The van der Waals surface area contributed by atoms with Crippen molar-refractivity contribution in [3.05, 3.63) is 41.6 Å². The fourth-order valence-corrected chi connectivity index (χ4v) is 3.82. The maximum atomic E-state index is 12.1. The van der Waals surface area contributed by atoms with Crippen LogP contribution in [0.2, 0.25) is 0 Å². The van der Waals surface area contributed by atoms with Gasteiger partial charge < -0.3 is 24.8 Å². The smallest absolute Gasteiger partial charge is 0.408 e. The molecule has 1 aliphatic carbocycles. The molecule has 2 aliphatic heterocycles. The van der Waals surface area contributed by atoms with E-state index in [-0.39, 0.29) is 24.1 Å². The lowest BCUT2D eigenvalue weighted by Gasteiger charge is -2.20. The Morgan fingerprint density at radius 2 is 2.13 bits per heavy atom. The van der Waals surface area contributed by atoms with E-state index in [1.807, 2.05) is 39.0 Å². The second-order valence-electron chi connectivity index (χ2n) is 8.53. The van der Waals surface area contributed by atoms with Crippen molar-refractivity contribution in [2.45, 2.75) is 51.0 Å². The van der Waals surface area contributed by atoms with Crippen LogP contribution in [0, 0.1) is 0 Å². The average Bonchev–Trinajstić information content (AvgIpc) is 3.16. The molecule has 5 rings (SSSR count). The highest BCUT2D eigenvalue weighted by Gasteiger charge is 2.60. The summed E-state index contributed by atoms with van der Waals surface area (Å²) in [6, 6.07) is 6.99. The topological polar surface area (TPSA) is 111 Å². The van der Waals surface area contributed by atoms with Gasteiger partial charge in [-0.2, -0.15) is 0 Å². The molecule has 1 aromatic carbocycles. The van der Waals surface area contributed by atoms with Gasteiger partial charge in [-0.1, -0.05) is 0 Å². The number of carbonyl (C=O) groups is 2. The van der Waals surface area contributed by atoms with Gasteiger partial charge in [0.2, 0.25) is 0 Å². The molecule has 0 bridgehead atoms. The van der Waals surface area contributed by atoms with Gasteiger partial charge in [0.1, 0.15) is 34.8 Å². The van der Waals surface area contributed by atoms with Crippen LogP contribution in [0.15, 0.2) is 30.5 Å². The van der Waals surface area contributed by atoms with Gasteiger partial charge in [-0.05, 0) is 45.0 Å². The van der Waals surface area contributed by atoms with Crippen LogP contribution in [0.3, 0.4) is 0 Å². The second-order valence-corrected chi connectivity index (χ2v) is 8.53. The van der Waals surface area contributed by atoms with Crippen LogP contribution in [0.4, 0.5) is 15.4 Å². The van der Waals surface area contributed by atoms with Crippen LogP contribution in [-0.4, -0.2) is 34.9 Å². The maximum absolute atomic E-state index is 12.1. The van der Waals surface area contributed by atoms with Gasteiger partial charge in [-0.15, -0.1) is 0 Å². The minimum Gasteiger partial charge on any atom is -0.487 e. The lowest BCUT2D eigenvalue weighted by Crippen LogP contribution is -2.36. The van der Waals surface area contributed by atoms with Gasteiger partial charge >= 0.3 is 12.1 Å². The number of anilines is 1. The lowest BCUT2D eigenvalue weighted by molar-refractivity contribution is 0.0514. The monoisotopic (exact) mass is 410 g/mol. The van der Waals surface area contributed by atoms with Gasteiger partial charge in [0.15, 0.2) is 0 Å². The number of alkyl carbamates (subject to hydrolysis) is 1. The van der Waals surface area contributed by atoms with Crippen LogP contribution in [0.5, 0.6) is 17.2 Å². The van der Waals surface area contributed by atoms with Gasteiger partial charge in [0.05, 0.1) is 24.1 Å². The van der Waals surface area contributed by atoms with E-state index in [0.29, 0.717) is 23.9 Å². The molecule has 0 radical (unpaired) electrons. The van der Waals surface area contributed by atoms with Gasteiger partial charge in [-0.3, -0.25) is 5.32 Å². The summed E-state index contributed by atoms with van der Waals surface area (Å²) in [6.07, 6.45) is 1.06. The molecule has 156 valence electrons. The first-order valence-corrected chi connectivity index (χ1v) is 9.79. The second kappa shape index (κ2) is 6.51. The highest BCUT2D eigenvalue weighted by molar-refractivity contribution is 5.91. The molecule has 30 heavy (non-hydrogen) atoms. The number of rotatable bonds is 3. The summed E-state index contributed by atoms with van der Waals surface area (Å²) < 4.78 is 17.4. The Balaban J connectivity index is 1.31. The van der Waals surface area contributed by atoms with Crippen LogP contribution in [0.1, 0.15) is 37.8 Å². The van der Waals surface area contributed by atoms with Crippen molar-refractivity contribution >= 4 is 17.9 Å². The predicted octanol–water partition coefficient (Wildman–Crippen LogP) is 3.26. The summed E-state index contributed by atoms with van der Waals surface area (Å²) in [5.74, 6) is 2.62. The standard InChI is InChI=1S/C21H22N4O5/c1-21(2,3)30-20(27)24-16-15-11-8-10(4-5-13(11)29-17(15)16)28-14-6-7-22-18-12(14)9-23-19(26)25-18/h4-8,15-17H,9H2,1-3H3,(H,24,27)(H2,22,23,25,26)/t15-,16-,17?/m0/s1. The number of ether oxygens (including phenoxy) is 3. The highest BCUT2D eigenvalue weighted by atomic mass is 16.6. The van der Waals surface area contributed by atoms with Crippen molar-refractivity contribution in [1.29, 1.82) is 0 Å². The number of carbonyl (C=O) groups excluding carboxylic acids is 2. The number of hydrogen-bond acceptors (Lipinski definition) is 6. The number of aromatic nitrogens is 1. The molecule has 1 unspecified atom stereocenters. The fourth-order valence-electron chi connectivity index (χ4n) is 3.82. The minimum absolute atomic E-state index is 0.0726. The first-order chi connectivity index (χ1) is 14.3. The van der Waals surface area contributed by atoms with E-state index in [4.69, 9.17) is 14.2 Å². The Morgan fingerprint density at radius 3 is 2.93 bits per heavy atom. The zero-order valence-corrected chi connectivity index (χ0v) is 16.8. The third-order valence-electron chi connectivity index (χ3n) is 5.14. The minimum atomic E-state index is -0.550. The van der Waals surface area contributed by atoms with Crippen molar-refractivity contribution in [3.63, 3.8) is 0 Å². The molecule has 0 spiro atoms. The Bertz CT molecular complexity index is 1050. The van der Waals surface area contributed by atoms with Gasteiger partial charge in [-0.25, -0.2) is 14.6 Å². The molecule has 1 fully saturated rings. The Morgan fingerprint density at radius 1 is 1.30 bits per heavy atom. The number of nitrogens with one attached hydrogen (secondary N) is 3. The molecule has 9 heteroatoms. The van der Waals surface area contributed by atoms with E-state index >= 15 is 0 Å². The van der Waals surface area contributed by atoms with Gasteiger partial charge in [0.25, 0.3) is 0 Å². The number of pyridine rings is 1. The van der Waals surface area contributed by atoms with E-state index in [1.165, 1.54) is 0 Å². The van der Waals surface area contributed by atoms with Crippen molar-refractivity contribution in [1.82, 2.24) is 15.6 Å². The summed E-state index contributed by atoms with van der Waals surface area (Å²) in [6.45, 7) is 5.82. The Labute approximate surface area is 173 Å². The number of urea groups is 1. The average molecular weight is 410 g/mol. The predicted molar refractivity (Wildman–Crippen MR) is 107 cm³/mol. The molecule has 3 N–H and O–H groups in total. The molecule has 3 heterocycles. The molecule has 0 saturated heterocycles. The zero-order chi connectivity index (χ0) is 21.0. The summed E-state index contributed by atoms with van der Waals surface area (Å²) >= 11 is 0. The molecular formula is C21H22N4O5. The van der Waals surface area contributed by atoms with E-state index in [9.17, 15) is 9.59 Å². The van der Waals surface area contributed by atoms with Crippen LogP contribution in [-0.2, 0) is 11.3 Å². The molecule has 9 nitrogen and oxygen atoms in total. The molecule has 2 aromatic rings. The van der Waals surface area contributed by atoms with Crippen molar-refractivity contribution in [3.8, 4) is 17.2 Å². The quantitative estimate of drug-likeness (QED) is 0.716. The SMILES string of the molecule is CC(C)(C)OC(=O)N[C@@H]1C2Oc3ccc(Oc4ccnc5c4CNC(=O)N5)cc3[C@H]21. The lowest BCUT2D eigenvalue weighted by atomic mass is 10.1. The molecular weight excluding hydrogens is 388 g/mol. The first kappa shape index (κ1) is 18.5. The Kier molecular flexibility index (Phi) is 4.02. The molecule has 3 amide bonds. The Hall–Kier alpha value is -3.49. The number of nitrogens with zero attached hydrogens (tertiary/aromatic N) is 1.